The molecule has 1 heterocycles. The maximum absolute atomic E-state index is 5.49. The molecule has 1 aliphatic rings. The monoisotopic (exact) mass is 171 g/mol. The molecule has 2 heteroatoms. The predicted molar refractivity (Wildman–Crippen MR) is 51.4 cm³/mol. The number of morpholine rings is 1. The van der Waals surface area contributed by atoms with E-state index in [4.69, 9.17) is 4.74 Å². The van der Waals surface area contributed by atoms with Crippen LogP contribution in [0.25, 0.3) is 0 Å². The zero-order valence-corrected chi connectivity index (χ0v) is 8.55. The predicted octanol–water partition coefficient (Wildman–Crippen LogP) is 1.90. The third-order valence-corrected chi connectivity index (χ3v) is 2.60. The maximum atomic E-state index is 5.49. The molecule has 1 aliphatic heterocycles. The van der Waals surface area contributed by atoms with E-state index in [0.717, 1.165) is 25.7 Å². The number of ether oxygens (including phenoxy) is 1. The molecule has 0 N–H and O–H groups in total. The minimum absolute atomic E-state index is 0.429. The van der Waals surface area contributed by atoms with E-state index < -0.39 is 0 Å². The number of hydrogen-bond acceptors (Lipinski definition) is 2. The summed E-state index contributed by atoms with van der Waals surface area (Å²) in [5.41, 5.74) is 0. The lowest BCUT2D eigenvalue weighted by Gasteiger charge is -2.35. The van der Waals surface area contributed by atoms with Gasteiger partial charge in [-0.2, -0.15) is 0 Å². The molecule has 0 saturated carbocycles. The Balaban J connectivity index is 2.29. The molecule has 0 bridgehead atoms. The highest BCUT2D eigenvalue weighted by molar-refractivity contribution is 4.73. The molecule has 0 aliphatic carbocycles. The van der Waals surface area contributed by atoms with Gasteiger partial charge in [0.25, 0.3) is 0 Å². The molecular weight excluding hydrogens is 150 g/mol. The molecule has 12 heavy (non-hydrogen) atoms. The van der Waals surface area contributed by atoms with Crippen molar-refractivity contribution >= 4 is 0 Å². The first kappa shape index (κ1) is 10.0. The topological polar surface area (TPSA) is 12.5 Å². The van der Waals surface area contributed by atoms with Gasteiger partial charge in [0.05, 0.1) is 12.7 Å². The molecule has 0 aromatic carbocycles. The molecule has 0 aromatic rings. The quantitative estimate of drug-likeness (QED) is 0.643. The summed E-state index contributed by atoms with van der Waals surface area (Å²) in [6.07, 6.45) is 3.03. The standard InChI is InChI=1S/C10H21NO/c1-4-5-9(2)11-6-7-12-10(3)8-11/h9-10H,4-8H2,1-3H3/t9?,10-/m0/s1. The Hall–Kier alpha value is -0.0800. The second-order valence-electron chi connectivity index (χ2n) is 3.81. The van der Waals surface area contributed by atoms with Crippen molar-refractivity contribution in [3.63, 3.8) is 0 Å². The van der Waals surface area contributed by atoms with Crippen LogP contribution in [0, 0.1) is 0 Å². The van der Waals surface area contributed by atoms with Crippen LogP contribution < -0.4 is 0 Å². The van der Waals surface area contributed by atoms with Gasteiger partial charge >= 0.3 is 0 Å². The fraction of sp³-hybridized carbons (Fsp3) is 1.00. The average molecular weight is 171 g/mol. The molecular formula is C10H21NO. The first-order chi connectivity index (χ1) is 5.74. The van der Waals surface area contributed by atoms with Gasteiger partial charge in [0.15, 0.2) is 0 Å². The number of rotatable bonds is 3. The molecule has 2 atom stereocenters. The van der Waals surface area contributed by atoms with Crippen LogP contribution >= 0.6 is 0 Å². The van der Waals surface area contributed by atoms with Crippen molar-refractivity contribution < 1.29 is 4.74 Å². The SMILES string of the molecule is CCCC(C)N1CCO[C@@H](C)C1. The molecule has 0 aromatic heterocycles. The highest BCUT2D eigenvalue weighted by atomic mass is 16.5. The fourth-order valence-corrected chi connectivity index (χ4v) is 1.85. The Morgan fingerprint density at radius 1 is 1.58 bits per heavy atom. The van der Waals surface area contributed by atoms with E-state index >= 15 is 0 Å². The lowest BCUT2D eigenvalue weighted by molar-refractivity contribution is -0.0325. The Morgan fingerprint density at radius 3 is 2.92 bits per heavy atom. The van der Waals surface area contributed by atoms with Gasteiger partial charge in [-0.05, 0) is 20.3 Å². The smallest absolute Gasteiger partial charge is 0.0674 e. The van der Waals surface area contributed by atoms with Crippen molar-refractivity contribution in [1.82, 2.24) is 4.90 Å². The van der Waals surface area contributed by atoms with Crippen LogP contribution in [0.15, 0.2) is 0 Å². The Kier molecular flexibility index (Phi) is 4.02. The summed E-state index contributed by atoms with van der Waals surface area (Å²) < 4.78 is 5.49. The Morgan fingerprint density at radius 2 is 2.33 bits per heavy atom. The first-order valence-electron chi connectivity index (χ1n) is 5.09. The molecule has 1 saturated heterocycles. The summed E-state index contributed by atoms with van der Waals surface area (Å²) in [4.78, 5) is 2.54. The fourth-order valence-electron chi connectivity index (χ4n) is 1.85. The van der Waals surface area contributed by atoms with Gasteiger partial charge in [-0.3, -0.25) is 4.90 Å². The summed E-state index contributed by atoms with van der Waals surface area (Å²) in [6, 6.07) is 0.737. The summed E-state index contributed by atoms with van der Waals surface area (Å²) in [5, 5.41) is 0. The van der Waals surface area contributed by atoms with Gasteiger partial charge in [0.2, 0.25) is 0 Å². The highest BCUT2D eigenvalue weighted by Crippen LogP contribution is 2.11. The zero-order valence-electron chi connectivity index (χ0n) is 8.55. The molecule has 0 spiro atoms. The van der Waals surface area contributed by atoms with Crippen molar-refractivity contribution in [1.29, 1.82) is 0 Å². The highest BCUT2D eigenvalue weighted by Gasteiger charge is 2.20. The number of nitrogens with zero attached hydrogens (tertiary/aromatic N) is 1. The summed E-state index contributed by atoms with van der Waals surface area (Å²) in [6.45, 7) is 9.87. The van der Waals surface area contributed by atoms with E-state index in [2.05, 4.69) is 25.7 Å². The molecule has 0 radical (unpaired) electrons. The van der Waals surface area contributed by atoms with Crippen molar-refractivity contribution in [2.75, 3.05) is 19.7 Å². The van der Waals surface area contributed by atoms with E-state index in [-0.39, 0.29) is 0 Å². The molecule has 1 unspecified atom stereocenters. The van der Waals surface area contributed by atoms with Crippen molar-refractivity contribution in [2.24, 2.45) is 0 Å². The molecule has 1 fully saturated rings. The van der Waals surface area contributed by atoms with Crippen LogP contribution in [0.2, 0.25) is 0 Å². The maximum Gasteiger partial charge on any atom is 0.0674 e. The second-order valence-corrected chi connectivity index (χ2v) is 3.81. The lowest BCUT2D eigenvalue weighted by Crippen LogP contribution is -2.45. The minimum Gasteiger partial charge on any atom is -0.376 e. The van der Waals surface area contributed by atoms with Crippen LogP contribution in [-0.2, 0) is 4.74 Å². The molecule has 1 rings (SSSR count). The van der Waals surface area contributed by atoms with Gasteiger partial charge < -0.3 is 4.74 Å². The van der Waals surface area contributed by atoms with Crippen LogP contribution in [0.5, 0.6) is 0 Å². The van der Waals surface area contributed by atoms with Gasteiger partial charge in [0.1, 0.15) is 0 Å². The first-order valence-corrected chi connectivity index (χ1v) is 5.09. The summed E-state index contributed by atoms with van der Waals surface area (Å²) >= 11 is 0. The number of hydrogen-bond donors (Lipinski definition) is 0. The third-order valence-electron chi connectivity index (χ3n) is 2.60. The van der Waals surface area contributed by atoms with Crippen molar-refractivity contribution in [2.45, 2.75) is 45.8 Å². The second kappa shape index (κ2) is 4.83. The normalized spacial score (nSPS) is 28.8. The average Bonchev–Trinajstić information content (AvgIpc) is 2.05. The van der Waals surface area contributed by atoms with E-state index in [1.807, 2.05) is 0 Å². The van der Waals surface area contributed by atoms with Gasteiger partial charge in [-0.25, -0.2) is 0 Å². The van der Waals surface area contributed by atoms with Crippen LogP contribution in [0.1, 0.15) is 33.6 Å². The van der Waals surface area contributed by atoms with E-state index in [1.165, 1.54) is 12.8 Å². The Labute approximate surface area is 75.9 Å². The van der Waals surface area contributed by atoms with E-state index in [1.54, 1.807) is 0 Å². The van der Waals surface area contributed by atoms with Crippen LogP contribution in [0.4, 0.5) is 0 Å². The molecule has 0 amide bonds. The van der Waals surface area contributed by atoms with Crippen LogP contribution in [0.3, 0.4) is 0 Å². The largest absolute Gasteiger partial charge is 0.376 e. The zero-order chi connectivity index (χ0) is 8.97. The molecule has 2 nitrogen and oxygen atoms in total. The van der Waals surface area contributed by atoms with Gasteiger partial charge in [-0.1, -0.05) is 13.3 Å². The Bertz CT molecular complexity index is 127. The van der Waals surface area contributed by atoms with E-state index in [0.29, 0.717) is 6.10 Å². The van der Waals surface area contributed by atoms with Gasteiger partial charge in [-0.15, -0.1) is 0 Å². The van der Waals surface area contributed by atoms with Crippen LogP contribution in [-0.4, -0.2) is 36.7 Å². The van der Waals surface area contributed by atoms with Gasteiger partial charge in [0, 0.05) is 19.1 Å². The summed E-state index contributed by atoms with van der Waals surface area (Å²) in [7, 11) is 0. The van der Waals surface area contributed by atoms with Crippen molar-refractivity contribution in [3.8, 4) is 0 Å². The minimum atomic E-state index is 0.429. The summed E-state index contributed by atoms with van der Waals surface area (Å²) in [5.74, 6) is 0. The van der Waals surface area contributed by atoms with Crippen molar-refractivity contribution in [3.05, 3.63) is 0 Å². The lowest BCUT2D eigenvalue weighted by atomic mass is 10.1. The molecule has 72 valence electrons. The third kappa shape index (κ3) is 2.76. The van der Waals surface area contributed by atoms with E-state index in [9.17, 15) is 0 Å².